The smallest absolute Gasteiger partial charge is 0.376 e. The molecule has 0 spiro atoms. The van der Waals surface area contributed by atoms with Crippen LogP contribution in [0.1, 0.15) is 151 Å². The topological polar surface area (TPSA) is 464 Å². The minimum Gasteiger partial charge on any atom is -0.376 e. The van der Waals surface area contributed by atoms with E-state index in [0.29, 0.717) is 51.6 Å². The lowest BCUT2D eigenvalue weighted by Gasteiger charge is -2.18. The first-order valence-corrected chi connectivity index (χ1v) is 49.3. The summed E-state index contributed by atoms with van der Waals surface area (Å²) in [6, 6.07) is 77.1. The van der Waals surface area contributed by atoms with E-state index in [1.807, 2.05) is 314 Å². The van der Waals surface area contributed by atoms with Crippen LogP contribution in [-0.4, -0.2) is 137 Å². The van der Waals surface area contributed by atoms with Crippen LogP contribution < -0.4 is 84.0 Å². The number of aromatic nitrogens is 4. The predicted octanol–water partition coefficient (Wildman–Crippen LogP) is 21.8. The van der Waals surface area contributed by atoms with E-state index < -0.39 is 7.75 Å². The van der Waals surface area contributed by atoms with Gasteiger partial charge in [-0.3, -0.25) is 53.2 Å². The van der Waals surface area contributed by atoms with E-state index in [-0.39, 0.29) is 84.6 Å². The highest BCUT2D eigenvalue weighted by Gasteiger charge is 2.31. The number of anilines is 10. The second kappa shape index (κ2) is 60.3. The van der Waals surface area contributed by atoms with Crippen molar-refractivity contribution >= 4 is 153 Å². The summed E-state index contributed by atoms with van der Waals surface area (Å²) in [6.45, 7) is 37.9. The predicted molar refractivity (Wildman–Crippen MR) is 579 cm³/mol. The van der Waals surface area contributed by atoms with Gasteiger partial charge < -0.3 is 67.9 Å². The molecule has 0 bridgehead atoms. The first-order chi connectivity index (χ1) is 69.2. The molecule has 35 nitrogen and oxygen atoms in total. The molecular formula is C107H129N20O15PS2. The Balaban J connectivity index is 0.000000219. The number of amides is 15. The Bertz CT molecular complexity index is 6330. The largest absolute Gasteiger partial charge is 0.432 e. The number of urea groups is 5. The Morgan fingerprint density at radius 2 is 0.910 bits per heavy atom. The molecular weight excluding hydrogens is 1900 g/mol. The van der Waals surface area contributed by atoms with Crippen LogP contribution in [0.25, 0.3) is 0 Å². The molecule has 3 saturated heterocycles. The molecule has 14 N–H and O–H groups in total. The molecule has 3 aromatic heterocycles. The molecule has 145 heavy (non-hydrogen) atoms. The van der Waals surface area contributed by atoms with Crippen molar-refractivity contribution in [3.05, 3.63) is 344 Å². The monoisotopic (exact) mass is 2030 g/mol. The summed E-state index contributed by atoms with van der Waals surface area (Å²) in [6.07, 6.45) is 3.54. The van der Waals surface area contributed by atoms with Crippen molar-refractivity contribution in [3.8, 4) is 0 Å². The minimum atomic E-state index is -3.21. The number of nitrogens with one attached hydrogen (secondary N) is 12. The van der Waals surface area contributed by atoms with Crippen LogP contribution in [0.2, 0.25) is 0 Å². The van der Waals surface area contributed by atoms with Gasteiger partial charge in [-0.2, -0.15) is 0 Å². The highest BCUT2D eigenvalue weighted by molar-refractivity contribution is 7.80. The van der Waals surface area contributed by atoms with Crippen molar-refractivity contribution in [2.24, 2.45) is 5.73 Å². The average Bonchev–Trinajstić information content (AvgIpc) is 1.69. The van der Waals surface area contributed by atoms with Gasteiger partial charge in [0.2, 0.25) is 11.7 Å². The van der Waals surface area contributed by atoms with Gasteiger partial charge in [0, 0.05) is 82.9 Å². The fraction of sp³-hybridized carbons (Fsp3) is 0.262. The molecule has 0 atom stereocenters. The maximum absolute atomic E-state index is 12.1. The summed E-state index contributed by atoms with van der Waals surface area (Å²) in [5.41, 5.74) is 26.6. The van der Waals surface area contributed by atoms with E-state index in [1.54, 1.807) is 51.7 Å². The lowest BCUT2D eigenvalue weighted by atomic mass is 10.2. The van der Waals surface area contributed by atoms with Crippen LogP contribution in [-0.2, 0) is 23.2 Å². The number of rotatable bonds is 22. The molecule has 10 aromatic carbocycles. The van der Waals surface area contributed by atoms with Crippen molar-refractivity contribution < 1.29 is 70.6 Å². The molecule has 16 rings (SSSR count). The number of hydrogen-bond acceptors (Lipinski definition) is 21. The van der Waals surface area contributed by atoms with Crippen LogP contribution in [0.5, 0.6) is 0 Å². The maximum Gasteiger partial charge on any atom is 0.432 e. The van der Waals surface area contributed by atoms with Crippen molar-refractivity contribution in [2.75, 3.05) is 97.6 Å². The molecule has 0 unspecified atom stereocenters. The Morgan fingerprint density at radius 1 is 0.476 bits per heavy atom. The van der Waals surface area contributed by atoms with Crippen molar-refractivity contribution in [1.29, 1.82) is 0 Å². The molecule has 13 aromatic rings. The number of carbonyl (C=O) groups excluding carboxylic acids is 10. The Labute approximate surface area is 855 Å². The van der Waals surface area contributed by atoms with Gasteiger partial charge in [0.25, 0.3) is 23.6 Å². The summed E-state index contributed by atoms with van der Waals surface area (Å²) in [5.74, 6) is -0.366. The molecule has 15 amide bonds. The highest BCUT2D eigenvalue weighted by atomic mass is 32.1. The fourth-order valence-corrected chi connectivity index (χ4v) is 14.6. The van der Waals surface area contributed by atoms with Crippen LogP contribution in [0, 0.1) is 90.0 Å². The fourth-order valence-electron chi connectivity index (χ4n) is 12.6. The molecule has 3 aliphatic heterocycles. The van der Waals surface area contributed by atoms with Crippen LogP contribution in [0.4, 0.5) is 80.8 Å². The normalized spacial score (nSPS) is 11.8. The summed E-state index contributed by atoms with van der Waals surface area (Å²) >= 11 is 5.79. The third-order valence-corrected chi connectivity index (χ3v) is 22.9. The Kier molecular flexibility index (Phi) is 48.2. The molecule has 0 radical (unpaired) electrons. The number of nitrogens with two attached hydrogens (primary N) is 1. The molecule has 3 aliphatic rings. The average molecular weight is 2030 g/mol. The molecule has 3 fully saturated rings. The lowest BCUT2D eigenvalue weighted by molar-refractivity contribution is -0.117. The summed E-state index contributed by atoms with van der Waals surface area (Å²) < 4.78 is 35.8. The van der Waals surface area contributed by atoms with E-state index >= 15 is 0 Å². The first kappa shape index (κ1) is 116. The standard InChI is InChI=1S/C13H14N2O2.C12H18N2O.C11H11N3OS.C11H10N2O2.C11H16N2O.C11H18NO3P.2C10H10N2O2.C10H12N2O.C8H10N2S/c1-8-4-6-11(7-5-8)14-13(16)12-9(2)15-17-10(12)3;1-3-4-9-13-12(15)14-11-7-5-10(2)6-8-11;1-7-3-5-9(6-4-7)12-11(15)10-8(2)13-14-16-10;1-8-2-4-9(5-3-8)13-11(14)10-6-7-12-15-10;1-8(2)12-11(14)13-10-6-4-9(3)5-7-10;1-4-14-16(13,15-5-2)12-11-8-6-10(3)7-9-11;1-7-2-4-8(5-3-7)12-6-9(13)11-10(12)14;1-7-2-4-8(5-3-7)12-9(13)6-11-10(12)14;1-8-2-4-9(5-3-8)12-7-6-11-10(12)13;1-6-3-2-4-7(5-6)10-8(9)11/h4-7H,1-3H3,(H,14,16);5-8H,3-4,9H2,1-2H3,(H2,13,14,15);3-6H,1-2H3,(H,12,15);2-7H,1H3,(H,13,14);4-8H,1-3H3,(H2,12,13,14);6-9H,4-5H2,1-3H3,(H,12,13);2-5H,6H2,1H3,(H,11,13,14);2-5H,6H2,1H3,(H,11,14);2-5H,6-7H2,1H3,(H,11,13);2-5H,1H3,(H3,9,10,11). The summed E-state index contributed by atoms with van der Waals surface area (Å²) in [5, 5.41) is 43.8. The third kappa shape index (κ3) is 42.3. The van der Waals surface area contributed by atoms with E-state index in [0.717, 1.165) is 133 Å². The van der Waals surface area contributed by atoms with Crippen molar-refractivity contribution in [3.63, 3.8) is 0 Å². The minimum absolute atomic E-state index is 0.00357. The van der Waals surface area contributed by atoms with Gasteiger partial charge in [-0.15, -0.1) is 5.10 Å². The van der Waals surface area contributed by atoms with Gasteiger partial charge in [-0.05, 0) is 275 Å². The SMILES string of the molecule is CCCCNC(=O)Nc1ccc(C)cc1.CCOP(=O)(Nc1ccc(C)cc1)OCC.Cc1ccc(N2C(=O)CNC2=O)cc1.Cc1ccc(N2CC(=O)NC2=O)cc1.Cc1ccc(N2CCNC2=O)cc1.Cc1ccc(NC(=O)NC(C)C)cc1.Cc1ccc(NC(=O)c2c(C)noc2C)cc1.Cc1ccc(NC(=O)c2ccno2)cc1.Cc1ccc(NC(=O)c2snnc2C)cc1.Cc1cccc(NC(N)=S)c1. The number of carbonyl (C=O) groups is 10. The van der Waals surface area contributed by atoms with Gasteiger partial charge >= 0.3 is 37.9 Å². The molecule has 38 heteroatoms. The number of hydrogen-bond donors (Lipinski definition) is 13. The molecule has 0 saturated carbocycles. The Morgan fingerprint density at radius 3 is 1.28 bits per heavy atom. The first-order valence-electron chi connectivity index (χ1n) is 46.6. The second-order valence-electron chi connectivity index (χ2n) is 33.3. The number of thiocarbonyl (C=S) groups is 1. The number of nitrogens with zero attached hydrogens (tertiary/aromatic N) is 7. The van der Waals surface area contributed by atoms with Crippen molar-refractivity contribution in [1.82, 2.24) is 46.5 Å². The van der Waals surface area contributed by atoms with E-state index in [9.17, 15) is 52.5 Å². The van der Waals surface area contributed by atoms with Crippen LogP contribution in [0.3, 0.4) is 0 Å². The highest BCUT2D eigenvalue weighted by Crippen LogP contribution is 2.47. The van der Waals surface area contributed by atoms with Gasteiger partial charge in [0.05, 0.1) is 43.0 Å². The number of imide groups is 2. The second-order valence-corrected chi connectivity index (χ2v) is 36.3. The van der Waals surface area contributed by atoms with E-state index in [2.05, 4.69) is 103 Å². The van der Waals surface area contributed by atoms with Gasteiger partial charge in [-0.1, -0.05) is 200 Å². The van der Waals surface area contributed by atoms with Gasteiger partial charge in [-0.25, -0.2) is 33.4 Å². The quantitative estimate of drug-likeness (QED) is 0.0130. The molecule has 0 aliphatic carbocycles. The number of aryl methyl sites for hydroxylation is 13. The summed E-state index contributed by atoms with van der Waals surface area (Å²) in [7, 11) is -3.21. The maximum atomic E-state index is 12.1. The zero-order valence-corrected chi connectivity index (χ0v) is 87.3. The van der Waals surface area contributed by atoms with E-state index in [4.69, 9.17) is 23.8 Å². The molecule has 6 heterocycles. The number of benzene rings is 10. The van der Waals surface area contributed by atoms with Gasteiger partial charge in [0.1, 0.15) is 22.7 Å². The molecule has 764 valence electrons. The van der Waals surface area contributed by atoms with Crippen LogP contribution in [0.15, 0.2) is 264 Å². The summed E-state index contributed by atoms with van der Waals surface area (Å²) in [4.78, 5) is 119. The zero-order chi connectivity index (χ0) is 106. The van der Waals surface area contributed by atoms with E-state index in [1.165, 1.54) is 39.4 Å². The Hall–Kier alpha value is -16.1. The van der Waals surface area contributed by atoms with Crippen LogP contribution >= 0.6 is 31.5 Å². The number of unbranched alkanes of at least 4 members (excludes halogenated alkanes) is 1. The third-order valence-electron chi connectivity index (χ3n) is 20.2. The van der Waals surface area contributed by atoms with Gasteiger partial charge in [0.15, 0.2) is 5.11 Å². The van der Waals surface area contributed by atoms with Crippen molar-refractivity contribution in [2.45, 2.75) is 144 Å². The zero-order valence-electron chi connectivity index (χ0n) is 84.8. The lowest BCUT2D eigenvalue weighted by Crippen LogP contribution is -2.34.